The molecule has 1 fully saturated rings. The van der Waals surface area contributed by atoms with Gasteiger partial charge in [0, 0.05) is 5.41 Å². The third-order valence-electron chi connectivity index (χ3n) is 12.1. The average Bonchev–Trinajstić information content (AvgIpc) is 3.33. The Bertz CT molecular complexity index is 1340. The van der Waals surface area contributed by atoms with Gasteiger partial charge in [-0.2, -0.15) is 0 Å². The number of aliphatic hydroxyl groups excluding tert-OH is 1. The van der Waals surface area contributed by atoms with Crippen LogP contribution in [0, 0.1) is 34.0 Å². The highest BCUT2D eigenvalue weighted by Gasteiger charge is 2.58. The summed E-state index contributed by atoms with van der Waals surface area (Å²) in [5, 5.41) is 11.0. The van der Waals surface area contributed by atoms with Gasteiger partial charge < -0.3 is 9.84 Å². The molecule has 41 heavy (non-hydrogen) atoms. The molecule has 7 atom stereocenters. The molecule has 0 heterocycles. The van der Waals surface area contributed by atoms with Crippen molar-refractivity contribution in [2.45, 2.75) is 98.2 Å². The molecule has 2 aromatic carbocycles. The van der Waals surface area contributed by atoms with Crippen molar-refractivity contribution in [3.63, 3.8) is 0 Å². The highest BCUT2D eigenvalue weighted by atomic mass is 16.5. The maximum atomic E-state index is 13.0. The maximum Gasteiger partial charge on any atom is 0.338 e. The second kappa shape index (κ2) is 10.6. The Hall–Kier alpha value is -2.65. The normalized spacial score (nSPS) is 33.6. The van der Waals surface area contributed by atoms with Gasteiger partial charge in [0.1, 0.15) is 6.10 Å². The van der Waals surface area contributed by atoms with Crippen molar-refractivity contribution in [3.05, 3.63) is 94.6 Å². The van der Waals surface area contributed by atoms with Gasteiger partial charge in [0.05, 0.1) is 11.7 Å². The zero-order chi connectivity index (χ0) is 29.0. The third kappa shape index (κ3) is 4.73. The molecule has 3 nitrogen and oxygen atoms in total. The fourth-order valence-electron chi connectivity index (χ4n) is 9.87. The summed E-state index contributed by atoms with van der Waals surface area (Å²) in [7, 11) is 0. The van der Waals surface area contributed by atoms with Gasteiger partial charge in [-0.15, -0.1) is 0 Å². The fraction of sp³-hybridized carbons (Fsp3) is 0.553. The van der Waals surface area contributed by atoms with E-state index in [1.807, 2.05) is 60.7 Å². The van der Waals surface area contributed by atoms with E-state index in [-0.39, 0.29) is 28.3 Å². The van der Waals surface area contributed by atoms with Gasteiger partial charge >= 0.3 is 5.97 Å². The van der Waals surface area contributed by atoms with Crippen LogP contribution in [0.1, 0.15) is 108 Å². The molecule has 1 N–H and O–H groups in total. The lowest BCUT2D eigenvalue weighted by molar-refractivity contribution is -0.0993. The molecule has 218 valence electrons. The van der Waals surface area contributed by atoms with Crippen LogP contribution < -0.4 is 0 Å². The average molecular weight is 553 g/mol. The van der Waals surface area contributed by atoms with Crippen LogP contribution in [-0.2, 0) is 4.74 Å². The maximum absolute atomic E-state index is 13.0. The summed E-state index contributed by atoms with van der Waals surface area (Å²) in [5.74, 6) is 1.33. The highest BCUT2D eigenvalue weighted by Crippen LogP contribution is 2.67. The minimum atomic E-state index is -0.403. The van der Waals surface area contributed by atoms with Crippen molar-refractivity contribution in [2.75, 3.05) is 0 Å². The molecule has 0 bridgehead atoms. The van der Waals surface area contributed by atoms with E-state index in [1.54, 1.807) is 16.7 Å². The van der Waals surface area contributed by atoms with Gasteiger partial charge in [-0.05, 0) is 109 Å². The van der Waals surface area contributed by atoms with E-state index in [2.05, 4.69) is 40.7 Å². The number of benzene rings is 2. The fourth-order valence-corrected chi connectivity index (χ4v) is 9.87. The Kier molecular flexibility index (Phi) is 7.34. The van der Waals surface area contributed by atoms with Gasteiger partial charge in [-0.3, -0.25) is 0 Å². The minimum absolute atomic E-state index is 0.0590. The number of aliphatic hydroxyl groups is 1. The standard InChI is InChI=1S/C38H48O3/c1-25(24-32(39)26-12-8-6-9-13-26)29-17-18-30-28-16-19-33-36(2,3)34(41-35(40)27-14-10-7-11-15-27)21-23-38(33,5)31(28)20-22-37(29,30)4/h6-15,18,25,29,32-34,39H,16-17,19-24H2,1-5H3/t25-,29-,32+,33+,34+,37-,38-/m1/s1. The molecule has 0 saturated heterocycles. The summed E-state index contributed by atoms with van der Waals surface area (Å²) < 4.78 is 6.23. The van der Waals surface area contributed by atoms with Crippen molar-refractivity contribution in [1.29, 1.82) is 0 Å². The molecular formula is C38H48O3. The second-order valence-corrected chi connectivity index (χ2v) is 14.6. The number of ether oxygens (including phenoxy) is 1. The van der Waals surface area contributed by atoms with E-state index in [1.165, 1.54) is 12.8 Å². The van der Waals surface area contributed by atoms with E-state index in [4.69, 9.17) is 4.74 Å². The Balaban J connectivity index is 1.20. The second-order valence-electron chi connectivity index (χ2n) is 14.6. The van der Waals surface area contributed by atoms with Crippen LogP contribution in [-0.4, -0.2) is 17.2 Å². The van der Waals surface area contributed by atoms with Crippen molar-refractivity contribution in [2.24, 2.45) is 34.0 Å². The molecule has 4 aliphatic carbocycles. The van der Waals surface area contributed by atoms with Crippen LogP contribution in [0.2, 0.25) is 0 Å². The van der Waals surface area contributed by atoms with E-state index in [0.29, 0.717) is 23.3 Å². The van der Waals surface area contributed by atoms with Crippen molar-refractivity contribution < 1.29 is 14.6 Å². The molecule has 0 unspecified atom stereocenters. The third-order valence-corrected chi connectivity index (χ3v) is 12.1. The SMILES string of the molecule is C[C@H](C[C@H](O)c1ccccc1)[C@H]1CC=C2C3=C(CC[C@@]21C)[C@@]1(C)CC[C@H](OC(=O)c2ccccc2)C(C)(C)[C@@H]1CC3. The number of esters is 1. The highest BCUT2D eigenvalue weighted by molar-refractivity contribution is 5.89. The summed E-state index contributed by atoms with van der Waals surface area (Å²) >= 11 is 0. The van der Waals surface area contributed by atoms with Crippen LogP contribution in [0.3, 0.4) is 0 Å². The predicted octanol–water partition coefficient (Wildman–Crippen LogP) is 9.25. The predicted molar refractivity (Wildman–Crippen MR) is 165 cm³/mol. The molecular weight excluding hydrogens is 504 g/mol. The molecule has 3 heteroatoms. The smallest absolute Gasteiger partial charge is 0.338 e. The number of carbonyl (C=O) groups excluding carboxylic acids is 1. The summed E-state index contributed by atoms with van der Waals surface area (Å²) in [6.45, 7) is 12.1. The molecule has 4 aliphatic rings. The lowest BCUT2D eigenvalue weighted by atomic mass is 9.46. The number of hydrogen-bond acceptors (Lipinski definition) is 3. The summed E-state index contributed by atoms with van der Waals surface area (Å²) in [4.78, 5) is 13.0. The molecule has 1 saturated carbocycles. The first-order valence-corrected chi connectivity index (χ1v) is 16.0. The van der Waals surface area contributed by atoms with Crippen molar-refractivity contribution in [1.82, 2.24) is 0 Å². The molecule has 6 rings (SSSR count). The van der Waals surface area contributed by atoms with Gasteiger partial charge in [-0.25, -0.2) is 4.79 Å². The van der Waals surface area contributed by atoms with E-state index >= 15 is 0 Å². The first-order valence-electron chi connectivity index (χ1n) is 16.0. The largest absolute Gasteiger partial charge is 0.458 e. The van der Waals surface area contributed by atoms with Crippen LogP contribution >= 0.6 is 0 Å². The van der Waals surface area contributed by atoms with Crippen LogP contribution in [0.25, 0.3) is 0 Å². The van der Waals surface area contributed by atoms with E-state index < -0.39 is 6.10 Å². The Morgan fingerprint density at radius 1 is 0.927 bits per heavy atom. The molecule has 0 aromatic heterocycles. The van der Waals surface area contributed by atoms with Gasteiger partial charge in [0.2, 0.25) is 0 Å². The number of allylic oxidation sites excluding steroid dienone is 4. The minimum Gasteiger partial charge on any atom is -0.458 e. The first-order chi connectivity index (χ1) is 19.6. The number of hydrogen-bond donors (Lipinski definition) is 1. The van der Waals surface area contributed by atoms with Crippen LogP contribution in [0.15, 0.2) is 83.5 Å². The quantitative estimate of drug-likeness (QED) is 0.363. The van der Waals surface area contributed by atoms with E-state index in [9.17, 15) is 9.90 Å². The number of rotatable bonds is 6. The van der Waals surface area contributed by atoms with Crippen LogP contribution in [0.4, 0.5) is 0 Å². The zero-order valence-electron chi connectivity index (χ0n) is 25.7. The molecule has 0 aliphatic heterocycles. The molecule has 0 amide bonds. The first kappa shape index (κ1) is 28.5. The summed E-state index contributed by atoms with van der Waals surface area (Å²) in [5.41, 5.74) is 6.93. The molecule has 2 aromatic rings. The summed E-state index contributed by atoms with van der Waals surface area (Å²) in [6.07, 6.45) is 10.7. The molecule has 0 radical (unpaired) electrons. The number of carbonyl (C=O) groups is 1. The Morgan fingerprint density at radius 3 is 2.32 bits per heavy atom. The lowest BCUT2D eigenvalue weighted by Crippen LogP contribution is -2.54. The van der Waals surface area contributed by atoms with Gasteiger partial charge in [0.15, 0.2) is 0 Å². The summed E-state index contributed by atoms with van der Waals surface area (Å²) in [6, 6.07) is 19.6. The van der Waals surface area contributed by atoms with Crippen LogP contribution in [0.5, 0.6) is 0 Å². The monoisotopic (exact) mass is 552 g/mol. The lowest BCUT2D eigenvalue weighted by Gasteiger charge is -2.59. The zero-order valence-corrected chi connectivity index (χ0v) is 25.7. The van der Waals surface area contributed by atoms with Gasteiger partial charge in [-0.1, -0.05) is 94.8 Å². The Labute approximate surface area is 247 Å². The van der Waals surface area contributed by atoms with Gasteiger partial charge in [0.25, 0.3) is 0 Å². The topological polar surface area (TPSA) is 46.5 Å². The van der Waals surface area contributed by atoms with E-state index in [0.717, 1.165) is 44.1 Å². The Morgan fingerprint density at radius 2 is 1.61 bits per heavy atom. The van der Waals surface area contributed by atoms with Crippen molar-refractivity contribution >= 4 is 5.97 Å². The van der Waals surface area contributed by atoms with Crippen molar-refractivity contribution in [3.8, 4) is 0 Å². The number of fused-ring (bicyclic) bond motifs is 4. The molecule has 0 spiro atoms.